The van der Waals surface area contributed by atoms with Gasteiger partial charge in [0, 0.05) is 19.3 Å². The van der Waals surface area contributed by atoms with Crippen LogP contribution in [0, 0.1) is 0 Å². The number of benzene rings is 2. The Morgan fingerprint density at radius 2 is 1.79 bits per heavy atom. The van der Waals surface area contributed by atoms with Crippen LogP contribution in [0.3, 0.4) is 0 Å². The van der Waals surface area contributed by atoms with Gasteiger partial charge in [-0.3, -0.25) is 9.36 Å². The maximum absolute atomic E-state index is 13.0. The first kappa shape index (κ1) is 21.3. The van der Waals surface area contributed by atoms with Crippen molar-refractivity contribution < 1.29 is 13.2 Å². The van der Waals surface area contributed by atoms with Crippen LogP contribution in [-0.2, 0) is 21.4 Å². The second-order valence-corrected chi connectivity index (χ2v) is 9.82. The molecule has 1 aliphatic rings. The lowest BCUT2D eigenvalue weighted by Gasteiger charge is -2.23. The van der Waals surface area contributed by atoms with Gasteiger partial charge in [0.2, 0.25) is 15.9 Å². The summed E-state index contributed by atoms with van der Waals surface area (Å²) >= 11 is 0. The van der Waals surface area contributed by atoms with Crippen LogP contribution in [0.5, 0.6) is 0 Å². The van der Waals surface area contributed by atoms with Crippen molar-refractivity contribution in [2.45, 2.75) is 30.3 Å². The van der Waals surface area contributed by atoms with Gasteiger partial charge in [-0.05, 0) is 48.7 Å². The highest BCUT2D eigenvalue weighted by Gasteiger charge is 2.39. The quantitative estimate of drug-likeness (QED) is 0.476. The molecule has 0 saturated carbocycles. The molecule has 1 aliphatic heterocycles. The molecule has 1 atom stereocenters. The summed E-state index contributed by atoms with van der Waals surface area (Å²) in [6.07, 6.45) is 4.59. The molecular formula is C24H23N5O3S. The molecule has 1 saturated heterocycles. The van der Waals surface area contributed by atoms with Crippen LogP contribution in [0.15, 0.2) is 84.1 Å². The van der Waals surface area contributed by atoms with Crippen LogP contribution in [0.2, 0.25) is 0 Å². The van der Waals surface area contributed by atoms with Crippen molar-refractivity contribution in [1.82, 2.24) is 24.2 Å². The van der Waals surface area contributed by atoms with E-state index >= 15 is 0 Å². The fourth-order valence-electron chi connectivity index (χ4n) is 4.13. The van der Waals surface area contributed by atoms with Gasteiger partial charge in [-0.15, -0.1) is 0 Å². The molecule has 1 N–H and O–H groups in total. The van der Waals surface area contributed by atoms with Crippen LogP contribution in [0.4, 0.5) is 0 Å². The number of para-hydroxylation sites is 2. The summed E-state index contributed by atoms with van der Waals surface area (Å²) in [5.74, 6) is 0.436. The van der Waals surface area contributed by atoms with Gasteiger partial charge in [0.1, 0.15) is 18.2 Å². The molecule has 9 heteroatoms. The fourth-order valence-corrected chi connectivity index (χ4v) is 5.81. The lowest BCUT2D eigenvalue weighted by molar-refractivity contribution is -0.124. The van der Waals surface area contributed by atoms with Crippen molar-refractivity contribution in [1.29, 1.82) is 0 Å². The molecule has 1 unspecified atom stereocenters. The third-order valence-electron chi connectivity index (χ3n) is 5.83. The number of hydrogen-bond acceptors (Lipinski definition) is 5. The summed E-state index contributed by atoms with van der Waals surface area (Å²) in [6.45, 7) is 0.608. The minimum absolute atomic E-state index is 0.205. The second-order valence-electron chi connectivity index (χ2n) is 7.93. The van der Waals surface area contributed by atoms with E-state index in [9.17, 15) is 13.2 Å². The molecule has 2 aromatic heterocycles. The Morgan fingerprint density at radius 3 is 2.58 bits per heavy atom. The van der Waals surface area contributed by atoms with E-state index in [1.54, 1.807) is 42.9 Å². The number of imidazole rings is 1. The Morgan fingerprint density at radius 1 is 1.00 bits per heavy atom. The predicted octanol–water partition coefficient (Wildman–Crippen LogP) is 2.89. The van der Waals surface area contributed by atoms with Crippen molar-refractivity contribution in [2.24, 2.45) is 0 Å². The van der Waals surface area contributed by atoms with E-state index in [4.69, 9.17) is 0 Å². The molecule has 1 fully saturated rings. The Hall–Kier alpha value is -3.56. The molecule has 5 rings (SSSR count). The number of hydrogen-bond donors (Lipinski definition) is 1. The minimum Gasteiger partial charge on any atom is -0.351 e. The van der Waals surface area contributed by atoms with Gasteiger partial charge in [-0.2, -0.15) is 4.31 Å². The first-order valence-electron chi connectivity index (χ1n) is 10.8. The average Bonchev–Trinajstić information content (AvgIpc) is 3.52. The summed E-state index contributed by atoms with van der Waals surface area (Å²) in [5.41, 5.74) is 2.68. The largest absolute Gasteiger partial charge is 0.351 e. The lowest BCUT2D eigenvalue weighted by Crippen LogP contribution is -2.45. The summed E-state index contributed by atoms with van der Waals surface area (Å²) < 4.78 is 29.2. The van der Waals surface area contributed by atoms with E-state index in [1.165, 1.54) is 4.31 Å². The number of sulfonamides is 1. The average molecular weight is 462 g/mol. The third-order valence-corrected chi connectivity index (χ3v) is 7.75. The summed E-state index contributed by atoms with van der Waals surface area (Å²) in [7, 11) is -3.71. The maximum Gasteiger partial charge on any atom is 0.243 e. The molecule has 4 aromatic rings. The Bertz CT molecular complexity index is 1380. The smallest absolute Gasteiger partial charge is 0.243 e. The van der Waals surface area contributed by atoms with Crippen molar-refractivity contribution in [3.8, 4) is 5.82 Å². The van der Waals surface area contributed by atoms with Crippen molar-refractivity contribution in [3.63, 3.8) is 0 Å². The normalized spacial score (nSPS) is 16.8. The highest BCUT2D eigenvalue weighted by atomic mass is 32.2. The van der Waals surface area contributed by atoms with E-state index in [-0.39, 0.29) is 17.3 Å². The molecule has 0 spiro atoms. The number of carbonyl (C=O) groups excluding carboxylic acids is 1. The molecule has 168 valence electrons. The SMILES string of the molecule is O=C(NCc1ccc(-n2cnc3ccccc32)nc1)C1CCCN1S(=O)(=O)c1ccccc1. The Balaban J connectivity index is 1.26. The number of fused-ring (bicyclic) bond motifs is 1. The number of pyridine rings is 1. The van der Waals surface area contributed by atoms with Crippen LogP contribution in [0.25, 0.3) is 16.9 Å². The maximum atomic E-state index is 13.0. The zero-order valence-corrected chi connectivity index (χ0v) is 18.6. The number of nitrogens with one attached hydrogen (secondary N) is 1. The minimum atomic E-state index is -3.71. The van der Waals surface area contributed by atoms with Gasteiger partial charge < -0.3 is 5.32 Å². The van der Waals surface area contributed by atoms with E-state index in [0.29, 0.717) is 19.4 Å². The van der Waals surface area contributed by atoms with E-state index < -0.39 is 16.1 Å². The van der Waals surface area contributed by atoms with Crippen LogP contribution >= 0.6 is 0 Å². The molecule has 1 amide bonds. The lowest BCUT2D eigenvalue weighted by atomic mass is 10.2. The highest BCUT2D eigenvalue weighted by Crippen LogP contribution is 2.26. The zero-order valence-electron chi connectivity index (χ0n) is 17.8. The van der Waals surface area contributed by atoms with Crippen molar-refractivity contribution >= 4 is 27.0 Å². The molecule has 0 aliphatic carbocycles. The summed E-state index contributed by atoms with van der Waals surface area (Å²) in [4.78, 5) is 22.0. The number of aromatic nitrogens is 3. The summed E-state index contributed by atoms with van der Waals surface area (Å²) in [5, 5.41) is 2.87. The Labute approximate surface area is 192 Å². The standard InChI is InChI=1S/C24H23N5O3S/c30-24(22-11-6-14-29(22)33(31,32)19-7-2-1-3-8-19)26-16-18-12-13-23(25-15-18)28-17-27-20-9-4-5-10-21(20)28/h1-5,7-10,12-13,15,17,22H,6,11,14,16H2,(H,26,30). The number of rotatable bonds is 6. The van der Waals surface area contributed by atoms with Crippen LogP contribution < -0.4 is 5.32 Å². The zero-order chi connectivity index (χ0) is 22.8. The van der Waals surface area contributed by atoms with E-state index in [1.807, 2.05) is 41.0 Å². The molecule has 3 heterocycles. The Kier molecular flexibility index (Phi) is 5.65. The number of nitrogens with zero attached hydrogens (tertiary/aromatic N) is 4. The van der Waals surface area contributed by atoms with Crippen LogP contribution in [0.1, 0.15) is 18.4 Å². The third kappa shape index (κ3) is 4.12. The molecule has 2 aromatic carbocycles. The van der Waals surface area contributed by atoms with Crippen LogP contribution in [-0.4, -0.2) is 45.8 Å². The van der Waals surface area contributed by atoms with Crippen molar-refractivity contribution in [2.75, 3.05) is 6.54 Å². The van der Waals surface area contributed by atoms with E-state index in [2.05, 4.69) is 15.3 Å². The highest BCUT2D eigenvalue weighted by molar-refractivity contribution is 7.89. The monoisotopic (exact) mass is 461 g/mol. The first-order valence-corrected chi connectivity index (χ1v) is 12.2. The molecule has 33 heavy (non-hydrogen) atoms. The molecule has 0 bridgehead atoms. The first-order chi connectivity index (χ1) is 16.0. The predicted molar refractivity (Wildman–Crippen MR) is 124 cm³/mol. The summed E-state index contributed by atoms with van der Waals surface area (Å²) in [6, 6.07) is 19.1. The van der Waals surface area contributed by atoms with E-state index in [0.717, 1.165) is 22.4 Å². The topological polar surface area (TPSA) is 97.2 Å². The fraction of sp³-hybridized carbons (Fsp3) is 0.208. The van der Waals surface area contributed by atoms with Gasteiger partial charge in [-0.1, -0.05) is 36.4 Å². The molecule has 8 nitrogen and oxygen atoms in total. The second kappa shape index (κ2) is 8.76. The van der Waals surface area contributed by atoms with Gasteiger partial charge in [-0.25, -0.2) is 18.4 Å². The van der Waals surface area contributed by atoms with Gasteiger partial charge in [0.05, 0.1) is 15.9 Å². The van der Waals surface area contributed by atoms with Crippen molar-refractivity contribution in [3.05, 3.63) is 84.8 Å². The van der Waals surface area contributed by atoms with Gasteiger partial charge in [0.25, 0.3) is 0 Å². The van der Waals surface area contributed by atoms with Gasteiger partial charge >= 0.3 is 0 Å². The molecular weight excluding hydrogens is 438 g/mol. The molecule has 0 radical (unpaired) electrons. The van der Waals surface area contributed by atoms with Gasteiger partial charge in [0.15, 0.2) is 0 Å². The number of carbonyl (C=O) groups is 1. The number of amides is 1.